The average molecular weight is 193 g/mol. The van der Waals surface area contributed by atoms with Gasteiger partial charge in [0.15, 0.2) is 0 Å². The molecule has 74 valence electrons. The highest BCUT2D eigenvalue weighted by atomic mass is 16.2. The predicted molar refractivity (Wildman–Crippen MR) is 50.0 cm³/mol. The number of primary amides is 2. The second-order valence-corrected chi connectivity index (χ2v) is 3.09. The summed E-state index contributed by atoms with van der Waals surface area (Å²) in [7, 11) is 0. The van der Waals surface area contributed by atoms with Gasteiger partial charge in [-0.1, -0.05) is 0 Å². The van der Waals surface area contributed by atoms with Gasteiger partial charge in [0.05, 0.1) is 0 Å². The van der Waals surface area contributed by atoms with Gasteiger partial charge in [-0.15, -0.1) is 0 Å². The molecule has 0 saturated heterocycles. The molecule has 0 spiro atoms. The van der Waals surface area contributed by atoms with Crippen LogP contribution in [0.25, 0.3) is 0 Å². The van der Waals surface area contributed by atoms with Crippen LogP contribution in [0.15, 0.2) is 24.5 Å². The zero-order valence-corrected chi connectivity index (χ0v) is 7.73. The average Bonchev–Trinajstić information content (AvgIpc) is 2.17. The zero-order valence-electron chi connectivity index (χ0n) is 7.73. The Labute approximate surface area is 81.1 Å². The standard InChI is InChI=1S/C9H11N3O2/c1-9(7(10)13,8(11)14)6-2-4-12-5-3-6/h2-5H,1H3,(H2,10,13)(H2,11,14). The van der Waals surface area contributed by atoms with Crippen LogP contribution in [-0.2, 0) is 15.0 Å². The molecular weight excluding hydrogens is 182 g/mol. The lowest BCUT2D eigenvalue weighted by Gasteiger charge is -2.21. The molecule has 0 bridgehead atoms. The predicted octanol–water partition coefficient (Wildman–Crippen LogP) is -0.690. The summed E-state index contributed by atoms with van der Waals surface area (Å²) in [6.45, 7) is 1.40. The highest BCUT2D eigenvalue weighted by Crippen LogP contribution is 2.21. The second kappa shape index (κ2) is 3.45. The van der Waals surface area contributed by atoms with Gasteiger partial charge in [0.1, 0.15) is 5.41 Å². The summed E-state index contributed by atoms with van der Waals surface area (Å²) in [6, 6.07) is 3.07. The molecule has 4 N–H and O–H groups in total. The molecule has 1 aromatic heterocycles. The van der Waals surface area contributed by atoms with Crippen molar-refractivity contribution in [3.63, 3.8) is 0 Å². The highest BCUT2D eigenvalue weighted by Gasteiger charge is 2.39. The normalized spacial score (nSPS) is 10.9. The molecule has 5 nitrogen and oxygen atoms in total. The molecule has 1 aromatic rings. The number of carbonyl (C=O) groups is 2. The van der Waals surface area contributed by atoms with E-state index in [4.69, 9.17) is 11.5 Å². The molecule has 5 heteroatoms. The number of hydrogen-bond acceptors (Lipinski definition) is 3. The van der Waals surface area contributed by atoms with Crippen LogP contribution in [0.1, 0.15) is 12.5 Å². The fraction of sp³-hybridized carbons (Fsp3) is 0.222. The first-order chi connectivity index (χ1) is 6.49. The van der Waals surface area contributed by atoms with Crippen molar-refractivity contribution < 1.29 is 9.59 Å². The number of amides is 2. The van der Waals surface area contributed by atoms with Crippen LogP contribution in [0.5, 0.6) is 0 Å². The molecule has 0 aliphatic rings. The zero-order chi connectivity index (χ0) is 10.8. The minimum Gasteiger partial charge on any atom is -0.368 e. The van der Waals surface area contributed by atoms with Gasteiger partial charge >= 0.3 is 0 Å². The van der Waals surface area contributed by atoms with E-state index < -0.39 is 17.2 Å². The van der Waals surface area contributed by atoms with Crippen molar-refractivity contribution in [3.05, 3.63) is 30.1 Å². The van der Waals surface area contributed by atoms with E-state index >= 15 is 0 Å². The van der Waals surface area contributed by atoms with E-state index in [1.54, 1.807) is 0 Å². The molecule has 2 amide bonds. The first-order valence-electron chi connectivity index (χ1n) is 4.00. The smallest absolute Gasteiger partial charge is 0.237 e. The molecule has 0 atom stereocenters. The lowest BCUT2D eigenvalue weighted by molar-refractivity contribution is -0.133. The molecule has 14 heavy (non-hydrogen) atoms. The topological polar surface area (TPSA) is 99.1 Å². The van der Waals surface area contributed by atoms with Crippen molar-refractivity contribution in [2.45, 2.75) is 12.3 Å². The van der Waals surface area contributed by atoms with Gasteiger partial charge in [0.2, 0.25) is 11.8 Å². The van der Waals surface area contributed by atoms with Crippen LogP contribution in [0.3, 0.4) is 0 Å². The maximum absolute atomic E-state index is 11.2. The molecule has 0 aliphatic carbocycles. The van der Waals surface area contributed by atoms with Crippen LogP contribution >= 0.6 is 0 Å². The number of hydrogen-bond donors (Lipinski definition) is 2. The van der Waals surface area contributed by atoms with Crippen LogP contribution in [-0.4, -0.2) is 16.8 Å². The van der Waals surface area contributed by atoms with E-state index in [-0.39, 0.29) is 0 Å². The molecule has 0 fully saturated rings. The Hall–Kier alpha value is -1.91. The van der Waals surface area contributed by atoms with Crippen LogP contribution < -0.4 is 11.5 Å². The van der Waals surface area contributed by atoms with Crippen molar-refractivity contribution in [1.82, 2.24) is 4.98 Å². The van der Waals surface area contributed by atoms with Gasteiger partial charge < -0.3 is 11.5 Å². The van der Waals surface area contributed by atoms with Gasteiger partial charge in [-0.25, -0.2) is 0 Å². The van der Waals surface area contributed by atoms with Crippen molar-refractivity contribution in [1.29, 1.82) is 0 Å². The van der Waals surface area contributed by atoms with E-state index in [0.717, 1.165) is 0 Å². The largest absolute Gasteiger partial charge is 0.368 e. The van der Waals surface area contributed by atoms with Crippen LogP contribution in [0, 0.1) is 0 Å². The third kappa shape index (κ3) is 1.44. The summed E-state index contributed by atoms with van der Waals surface area (Å²) in [5.41, 5.74) is 9.27. The third-order valence-corrected chi connectivity index (χ3v) is 2.24. The number of nitrogens with zero attached hydrogens (tertiary/aromatic N) is 1. The Bertz CT molecular complexity index is 348. The number of aromatic nitrogens is 1. The van der Waals surface area contributed by atoms with Crippen molar-refractivity contribution in [2.24, 2.45) is 11.5 Å². The first kappa shape index (κ1) is 10.2. The SMILES string of the molecule is CC(C(N)=O)(C(N)=O)c1ccncc1. The summed E-state index contributed by atoms with van der Waals surface area (Å²) >= 11 is 0. The number of nitrogens with two attached hydrogens (primary N) is 2. The van der Waals surface area contributed by atoms with E-state index in [1.807, 2.05) is 0 Å². The lowest BCUT2D eigenvalue weighted by Crippen LogP contribution is -2.49. The lowest BCUT2D eigenvalue weighted by atomic mass is 9.81. The van der Waals surface area contributed by atoms with Gasteiger partial charge in [-0.2, -0.15) is 0 Å². The first-order valence-corrected chi connectivity index (χ1v) is 4.00. The molecule has 0 saturated carbocycles. The van der Waals surface area contributed by atoms with Crippen molar-refractivity contribution >= 4 is 11.8 Å². The Morgan fingerprint density at radius 3 is 2.00 bits per heavy atom. The second-order valence-electron chi connectivity index (χ2n) is 3.09. The summed E-state index contributed by atoms with van der Waals surface area (Å²) < 4.78 is 0. The minimum absolute atomic E-state index is 0.451. The maximum atomic E-state index is 11.2. The van der Waals surface area contributed by atoms with Gasteiger partial charge in [-0.05, 0) is 24.6 Å². The summed E-state index contributed by atoms with van der Waals surface area (Å²) in [5.74, 6) is -1.53. The Balaban J connectivity index is 3.27. The van der Waals surface area contributed by atoms with E-state index in [2.05, 4.69) is 4.98 Å². The Morgan fingerprint density at radius 1 is 1.21 bits per heavy atom. The molecule has 1 rings (SSSR count). The summed E-state index contributed by atoms with van der Waals surface area (Å²) in [6.07, 6.45) is 2.94. The van der Waals surface area contributed by atoms with Crippen LogP contribution in [0.2, 0.25) is 0 Å². The molecular formula is C9H11N3O2. The fourth-order valence-corrected chi connectivity index (χ4v) is 1.09. The number of carbonyl (C=O) groups excluding carboxylic acids is 2. The van der Waals surface area contributed by atoms with E-state index in [9.17, 15) is 9.59 Å². The van der Waals surface area contributed by atoms with Gasteiger partial charge in [-0.3, -0.25) is 14.6 Å². The monoisotopic (exact) mass is 193 g/mol. The van der Waals surface area contributed by atoms with E-state index in [0.29, 0.717) is 5.56 Å². The highest BCUT2D eigenvalue weighted by molar-refractivity contribution is 6.09. The number of rotatable bonds is 3. The molecule has 0 radical (unpaired) electrons. The summed E-state index contributed by atoms with van der Waals surface area (Å²) in [5, 5.41) is 0. The fourth-order valence-electron chi connectivity index (χ4n) is 1.09. The Morgan fingerprint density at radius 2 is 1.64 bits per heavy atom. The van der Waals surface area contributed by atoms with Crippen molar-refractivity contribution in [2.75, 3.05) is 0 Å². The summed E-state index contributed by atoms with van der Waals surface area (Å²) in [4.78, 5) is 26.1. The Kier molecular flexibility index (Phi) is 2.51. The van der Waals surface area contributed by atoms with Crippen molar-refractivity contribution in [3.8, 4) is 0 Å². The quantitative estimate of drug-likeness (QED) is 0.621. The molecule has 1 heterocycles. The maximum Gasteiger partial charge on any atom is 0.237 e. The van der Waals surface area contributed by atoms with Crippen LogP contribution in [0.4, 0.5) is 0 Å². The molecule has 0 unspecified atom stereocenters. The van der Waals surface area contributed by atoms with E-state index in [1.165, 1.54) is 31.5 Å². The third-order valence-electron chi connectivity index (χ3n) is 2.24. The number of pyridine rings is 1. The minimum atomic E-state index is -1.47. The van der Waals surface area contributed by atoms with Gasteiger partial charge in [0.25, 0.3) is 0 Å². The molecule has 0 aliphatic heterocycles. The van der Waals surface area contributed by atoms with Gasteiger partial charge in [0, 0.05) is 12.4 Å². The molecule has 0 aromatic carbocycles.